The summed E-state index contributed by atoms with van der Waals surface area (Å²) in [5.41, 5.74) is 6.68. The van der Waals surface area contributed by atoms with Gasteiger partial charge in [-0.25, -0.2) is 0 Å². The second kappa shape index (κ2) is 4.58. The van der Waals surface area contributed by atoms with E-state index in [-0.39, 0.29) is 0 Å². The lowest BCUT2D eigenvalue weighted by molar-refractivity contribution is 0.764. The van der Waals surface area contributed by atoms with Crippen LogP contribution in [0.2, 0.25) is 5.02 Å². The second-order valence-corrected chi connectivity index (χ2v) is 6.78. The molecule has 2 heterocycles. The van der Waals surface area contributed by atoms with Gasteiger partial charge in [-0.15, -0.1) is 0 Å². The van der Waals surface area contributed by atoms with Crippen LogP contribution in [-0.4, -0.2) is 10.2 Å². The number of aromatic amines is 1. The van der Waals surface area contributed by atoms with Crippen LogP contribution in [0.3, 0.4) is 0 Å². The molecule has 1 aromatic heterocycles. The van der Waals surface area contributed by atoms with Crippen LogP contribution in [0.4, 0.5) is 0 Å². The molecule has 0 bridgehead atoms. The Bertz CT molecular complexity index is 883. The van der Waals surface area contributed by atoms with Crippen LogP contribution in [0.15, 0.2) is 36.5 Å². The van der Waals surface area contributed by atoms with Gasteiger partial charge in [0.1, 0.15) is 0 Å². The van der Waals surface area contributed by atoms with Gasteiger partial charge in [-0.3, -0.25) is 5.10 Å². The van der Waals surface area contributed by atoms with Gasteiger partial charge < -0.3 is 5.32 Å². The Morgan fingerprint density at radius 1 is 1.05 bits per heavy atom. The number of nitrogens with zero attached hydrogens (tertiary/aromatic N) is 1. The monoisotopic (exact) mass is 309 g/mol. The van der Waals surface area contributed by atoms with Crippen LogP contribution in [0.5, 0.6) is 0 Å². The lowest BCUT2D eigenvalue weighted by Gasteiger charge is -2.07. The molecule has 1 saturated carbocycles. The summed E-state index contributed by atoms with van der Waals surface area (Å²) in [5, 5.41) is 12.7. The molecule has 0 unspecified atom stereocenters. The number of hydrogen-bond acceptors (Lipinski definition) is 2. The van der Waals surface area contributed by atoms with Crippen molar-refractivity contribution in [2.24, 2.45) is 0 Å². The molecule has 22 heavy (non-hydrogen) atoms. The van der Waals surface area contributed by atoms with Crippen LogP contribution in [0.25, 0.3) is 10.9 Å². The summed E-state index contributed by atoms with van der Waals surface area (Å²) >= 11 is 6.49. The third kappa shape index (κ3) is 1.82. The van der Waals surface area contributed by atoms with Gasteiger partial charge >= 0.3 is 0 Å². The number of benzene rings is 2. The summed E-state index contributed by atoms with van der Waals surface area (Å²) in [5.74, 6) is 1.10. The SMILES string of the molecule is Clc1ccc2[nH]ncc2c1[C@@H]1C[C@H]1c1ccc2c(c1)CNC2. The maximum Gasteiger partial charge on any atom is 0.0654 e. The molecule has 0 spiro atoms. The Morgan fingerprint density at radius 3 is 2.91 bits per heavy atom. The predicted octanol–water partition coefficient (Wildman–Crippen LogP) is 4.09. The number of hydrogen-bond donors (Lipinski definition) is 2. The minimum absolute atomic E-state index is 0.515. The molecular formula is C18H16ClN3. The number of nitrogens with one attached hydrogen (secondary N) is 2. The highest BCUT2D eigenvalue weighted by atomic mass is 35.5. The molecule has 110 valence electrons. The van der Waals surface area contributed by atoms with Crippen molar-refractivity contribution in [2.45, 2.75) is 31.3 Å². The first kappa shape index (κ1) is 12.7. The Hall–Kier alpha value is -1.84. The maximum absolute atomic E-state index is 6.49. The van der Waals surface area contributed by atoms with Gasteiger partial charge in [-0.2, -0.15) is 5.10 Å². The fraction of sp³-hybridized carbons (Fsp3) is 0.278. The van der Waals surface area contributed by atoms with E-state index >= 15 is 0 Å². The molecule has 2 N–H and O–H groups in total. The molecule has 2 aromatic carbocycles. The fourth-order valence-corrected chi connectivity index (χ4v) is 4.12. The Morgan fingerprint density at radius 2 is 1.95 bits per heavy atom. The van der Waals surface area contributed by atoms with Crippen LogP contribution in [0.1, 0.15) is 40.5 Å². The number of H-pyrrole nitrogens is 1. The normalized spacial score (nSPS) is 23.0. The molecule has 0 amide bonds. The van der Waals surface area contributed by atoms with Crippen molar-refractivity contribution in [1.82, 2.24) is 15.5 Å². The van der Waals surface area contributed by atoms with Gasteiger partial charge in [-0.05, 0) is 52.6 Å². The average molecular weight is 310 g/mol. The summed E-state index contributed by atoms with van der Waals surface area (Å²) in [4.78, 5) is 0. The van der Waals surface area contributed by atoms with E-state index in [1.54, 1.807) is 0 Å². The number of rotatable bonds is 2. The standard InChI is InChI=1S/C18H16ClN3/c19-16-3-4-17-15(9-21-22-17)18(16)14-6-13(14)10-1-2-11-7-20-8-12(11)5-10/h1-5,9,13-14,20H,6-8H2,(H,21,22)/t13-,14+/m0/s1. The van der Waals surface area contributed by atoms with E-state index in [4.69, 9.17) is 11.6 Å². The van der Waals surface area contributed by atoms with Gasteiger partial charge in [0, 0.05) is 23.5 Å². The smallest absolute Gasteiger partial charge is 0.0654 e. The molecule has 2 aliphatic rings. The topological polar surface area (TPSA) is 40.7 Å². The lowest BCUT2D eigenvalue weighted by Crippen LogP contribution is -1.99. The first-order valence-corrected chi connectivity index (χ1v) is 8.13. The first-order chi connectivity index (χ1) is 10.8. The highest BCUT2D eigenvalue weighted by molar-refractivity contribution is 6.32. The second-order valence-electron chi connectivity index (χ2n) is 6.37. The van der Waals surface area contributed by atoms with Crippen molar-refractivity contribution in [3.63, 3.8) is 0 Å². The van der Waals surface area contributed by atoms with Crippen molar-refractivity contribution in [2.75, 3.05) is 0 Å². The largest absolute Gasteiger partial charge is 0.309 e. The van der Waals surface area contributed by atoms with Gasteiger partial charge in [0.15, 0.2) is 0 Å². The summed E-state index contributed by atoms with van der Waals surface area (Å²) in [6.45, 7) is 2.00. The van der Waals surface area contributed by atoms with Crippen LogP contribution in [0, 0.1) is 0 Å². The molecular weight excluding hydrogens is 294 g/mol. The van der Waals surface area contributed by atoms with E-state index < -0.39 is 0 Å². The van der Waals surface area contributed by atoms with Crippen LogP contribution in [-0.2, 0) is 13.1 Å². The zero-order chi connectivity index (χ0) is 14.7. The van der Waals surface area contributed by atoms with E-state index in [1.807, 2.05) is 18.3 Å². The van der Waals surface area contributed by atoms with E-state index in [0.29, 0.717) is 11.8 Å². The van der Waals surface area contributed by atoms with Crippen molar-refractivity contribution in [1.29, 1.82) is 0 Å². The zero-order valence-corrected chi connectivity index (χ0v) is 12.8. The molecule has 4 heteroatoms. The highest BCUT2D eigenvalue weighted by Crippen LogP contribution is 2.57. The molecule has 1 aliphatic heterocycles. The summed E-state index contributed by atoms with van der Waals surface area (Å²) in [7, 11) is 0. The van der Waals surface area contributed by atoms with Gasteiger partial charge in [-0.1, -0.05) is 29.8 Å². The first-order valence-electron chi connectivity index (χ1n) is 7.75. The molecule has 1 aliphatic carbocycles. The van der Waals surface area contributed by atoms with Gasteiger partial charge in [0.05, 0.1) is 11.7 Å². The summed E-state index contributed by atoms with van der Waals surface area (Å²) in [6, 6.07) is 10.9. The van der Waals surface area contributed by atoms with Gasteiger partial charge in [0.25, 0.3) is 0 Å². The van der Waals surface area contributed by atoms with Gasteiger partial charge in [0.2, 0.25) is 0 Å². The van der Waals surface area contributed by atoms with Crippen molar-refractivity contribution < 1.29 is 0 Å². The maximum atomic E-state index is 6.49. The quantitative estimate of drug-likeness (QED) is 0.748. The minimum Gasteiger partial charge on any atom is -0.309 e. The number of aromatic nitrogens is 2. The average Bonchev–Trinajstić information content (AvgIpc) is 2.96. The van der Waals surface area contributed by atoms with E-state index in [1.165, 1.54) is 34.1 Å². The highest BCUT2D eigenvalue weighted by Gasteiger charge is 2.42. The van der Waals surface area contributed by atoms with Crippen molar-refractivity contribution in [3.8, 4) is 0 Å². The summed E-state index contributed by atoms with van der Waals surface area (Å²) < 4.78 is 0. The van der Waals surface area contributed by atoms with E-state index in [2.05, 4.69) is 33.7 Å². The number of fused-ring (bicyclic) bond motifs is 2. The molecule has 2 atom stereocenters. The third-order valence-corrected chi connectivity index (χ3v) is 5.39. The van der Waals surface area contributed by atoms with E-state index in [9.17, 15) is 0 Å². The molecule has 0 saturated heterocycles. The fourth-order valence-electron chi connectivity index (χ4n) is 3.82. The molecule has 0 radical (unpaired) electrons. The Labute approximate surface area is 133 Å². The Balaban J connectivity index is 1.53. The van der Waals surface area contributed by atoms with Crippen molar-refractivity contribution >= 4 is 22.5 Å². The van der Waals surface area contributed by atoms with E-state index in [0.717, 1.165) is 23.6 Å². The molecule has 3 nitrogen and oxygen atoms in total. The molecule has 3 aromatic rings. The third-order valence-electron chi connectivity index (χ3n) is 5.06. The number of halogens is 1. The predicted molar refractivity (Wildman–Crippen MR) is 88.2 cm³/mol. The summed E-state index contributed by atoms with van der Waals surface area (Å²) in [6.07, 6.45) is 3.08. The lowest BCUT2D eigenvalue weighted by atomic mass is 9.99. The van der Waals surface area contributed by atoms with Crippen LogP contribution < -0.4 is 5.32 Å². The Kier molecular flexibility index (Phi) is 2.64. The van der Waals surface area contributed by atoms with Crippen molar-refractivity contribution in [3.05, 3.63) is 63.8 Å². The minimum atomic E-state index is 0.515. The zero-order valence-electron chi connectivity index (χ0n) is 12.1. The molecule has 1 fully saturated rings. The molecule has 5 rings (SSSR count). The van der Waals surface area contributed by atoms with Crippen LogP contribution >= 0.6 is 11.6 Å².